The lowest BCUT2D eigenvalue weighted by atomic mass is 9.56. The number of hydrogen-bond donors (Lipinski definition) is 0. The molecule has 3 aliphatic rings. The van der Waals surface area contributed by atoms with Gasteiger partial charge in [0.2, 0.25) is 0 Å². The predicted octanol–water partition coefficient (Wildman–Crippen LogP) is 7.40. The Morgan fingerprint density at radius 3 is 1.97 bits per heavy atom. The number of unbranched alkanes of at least 4 members (excludes halogenated alkanes) is 1. The first-order valence-electron chi connectivity index (χ1n) is 12.2. The summed E-state index contributed by atoms with van der Waals surface area (Å²) >= 11 is 0. The lowest BCUT2D eigenvalue weighted by molar-refractivity contribution is -0.120. The maximum atomic E-state index is 6.48. The van der Waals surface area contributed by atoms with Gasteiger partial charge >= 0.3 is 0 Å². The fourth-order valence-corrected chi connectivity index (χ4v) is 5.43. The Balaban J connectivity index is 1.26. The topological polar surface area (TPSA) is 18.5 Å². The number of fused-ring (bicyclic) bond motifs is 3. The van der Waals surface area contributed by atoms with Gasteiger partial charge in [-0.25, -0.2) is 0 Å². The van der Waals surface area contributed by atoms with Crippen LogP contribution in [0, 0.1) is 6.92 Å². The van der Waals surface area contributed by atoms with E-state index in [-0.39, 0.29) is 5.60 Å². The number of hydrogen-bond acceptors (Lipinski definition) is 2. The normalized spacial score (nSPS) is 24.9. The molecule has 3 fully saturated rings. The third-order valence-corrected chi connectivity index (χ3v) is 7.62. The maximum absolute atomic E-state index is 6.48. The molecule has 2 nitrogen and oxygen atoms in total. The average molecular weight is 419 g/mol. The number of benzene rings is 2. The van der Waals surface area contributed by atoms with Crippen molar-refractivity contribution < 1.29 is 9.47 Å². The quantitative estimate of drug-likeness (QED) is 0.280. The Hall–Kier alpha value is -1.90. The molecular formula is C29H38O2. The maximum Gasteiger partial charge on any atom is 0.0683 e. The van der Waals surface area contributed by atoms with Gasteiger partial charge in [0.05, 0.1) is 5.60 Å². The van der Waals surface area contributed by atoms with E-state index in [1.165, 1.54) is 60.8 Å². The van der Waals surface area contributed by atoms with E-state index < -0.39 is 0 Å². The molecule has 2 heteroatoms. The predicted molar refractivity (Wildman–Crippen MR) is 130 cm³/mol. The summed E-state index contributed by atoms with van der Waals surface area (Å²) in [5, 5.41) is 0. The lowest BCUT2D eigenvalue weighted by Crippen LogP contribution is -2.49. The van der Waals surface area contributed by atoms with Gasteiger partial charge < -0.3 is 9.47 Å². The zero-order valence-corrected chi connectivity index (χ0v) is 19.2. The summed E-state index contributed by atoms with van der Waals surface area (Å²) in [5.41, 5.74) is 5.99. The smallest absolute Gasteiger partial charge is 0.0683 e. The van der Waals surface area contributed by atoms with E-state index in [9.17, 15) is 0 Å². The van der Waals surface area contributed by atoms with E-state index in [1.54, 1.807) is 0 Å². The van der Waals surface area contributed by atoms with Gasteiger partial charge in [-0.2, -0.15) is 0 Å². The van der Waals surface area contributed by atoms with Crippen LogP contribution < -0.4 is 0 Å². The second-order valence-corrected chi connectivity index (χ2v) is 9.65. The van der Waals surface area contributed by atoms with Crippen molar-refractivity contribution >= 4 is 0 Å². The third kappa shape index (κ3) is 5.30. The molecule has 0 atom stereocenters. The molecule has 0 N–H and O–H groups in total. The minimum atomic E-state index is 0.146. The van der Waals surface area contributed by atoms with Crippen LogP contribution >= 0.6 is 0 Å². The van der Waals surface area contributed by atoms with Gasteiger partial charge in [-0.1, -0.05) is 60.2 Å². The van der Waals surface area contributed by atoms with E-state index >= 15 is 0 Å². The van der Waals surface area contributed by atoms with Crippen molar-refractivity contribution in [3.63, 3.8) is 0 Å². The molecule has 3 aliphatic carbocycles. The van der Waals surface area contributed by atoms with Gasteiger partial charge in [-0.3, -0.25) is 0 Å². The molecule has 0 heterocycles. The molecule has 3 saturated carbocycles. The summed E-state index contributed by atoms with van der Waals surface area (Å²) in [4.78, 5) is 0. The number of rotatable bonds is 11. The molecule has 166 valence electrons. The Labute approximate surface area is 188 Å². The number of aryl methyl sites for hydroxylation is 1. The van der Waals surface area contributed by atoms with Crippen molar-refractivity contribution in [1.82, 2.24) is 0 Å². The molecule has 2 aromatic carbocycles. The van der Waals surface area contributed by atoms with Crippen molar-refractivity contribution in [2.24, 2.45) is 0 Å². The lowest BCUT2D eigenvalue weighted by Gasteiger charge is -2.53. The van der Waals surface area contributed by atoms with E-state index in [1.807, 2.05) is 6.08 Å². The highest BCUT2D eigenvalue weighted by Crippen LogP contribution is 2.55. The second-order valence-electron chi connectivity index (χ2n) is 9.65. The summed E-state index contributed by atoms with van der Waals surface area (Å²) in [6.07, 6.45) is 12.5. The minimum Gasteiger partial charge on any atom is -0.381 e. The molecule has 0 amide bonds. The van der Waals surface area contributed by atoms with Crippen LogP contribution in [0.25, 0.3) is 11.1 Å². The monoisotopic (exact) mass is 418 g/mol. The number of ether oxygens (including phenoxy) is 2. The molecule has 5 rings (SSSR count). The van der Waals surface area contributed by atoms with E-state index in [2.05, 4.69) is 62.0 Å². The van der Waals surface area contributed by atoms with Gasteiger partial charge in [-0.05, 0) is 86.8 Å². The zero-order chi connectivity index (χ0) is 21.6. The zero-order valence-electron chi connectivity index (χ0n) is 19.2. The van der Waals surface area contributed by atoms with E-state index in [0.717, 1.165) is 39.1 Å². The molecule has 0 aliphatic heterocycles. The van der Waals surface area contributed by atoms with Crippen LogP contribution in [0.1, 0.15) is 68.9 Å². The summed E-state index contributed by atoms with van der Waals surface area (Å²) < 4.78 is 12.1. The molecule has 0 spiro atoms. The molecule has 2 aromatic rings. The fourth-order valence-electron chi connectivity index (χ4n) is 5.43. The second kappa shape index (κ2) is 10.1. The van der Waals surface area contributed by atoms with Gasteiger partial charge in [0, 0.05) is 19.8 Å². The van der Waals surface area contributed by atoms with Gasteiger partial charge in [0.1, 0.15) is 0 Å². The first-order valence-corrected chi connectivity index (χ1v) is 12.2. The Morgan fingerprint density at radius 1 is 0.774 bits per heavy atom. The van der Waals surface area contributed by atoms with Crippen LogP contribution in [0.15, 0.2) is 61.2 Å². The van der Waals surface area contributed by atoms with E-state index in [4.69, 9.17) is 9.47 Å². The van der Waals surface area contributed by atoms with Crippen LogP contribution in [0.3, 0.4) is 0 Å². The summed E-state index contributed by atoms with van der Waals surface area (Å²) in [6.45, 7) is 8.38. The highest BCUT2D eigenvalue weighted by atomic mass is 16.5. The molecule has 2 bridgehead atoms. The Kier molecular flexibility index (Phi) is 7.30. The van der Waals surface area contributed by atoms with Crippen molar-refractivity contribution in [2.75, 3.05) is 19.8 Å². The molecule has 0 aromatic heterocycles. The molecule has 0 radical (unpaired) electrons. The molecule has 0 saturated heterocycles. The molecule has 31 heavy (non-hydrogen) atoms. The minimum absolute atomic E-state index is 0.146. The Bertz CT molecular complexity index is 810. The van der Waals surface area contributed by atoms with Crippen LogP contribution in [-0.2, 0) is 14.9 Å². The summed E-state index contributed by atoms with van der Waals surface area (Å²) in [7, 11) is 0. The van der Waals surface area contributed by atoms with Crippen LogP contribution in [-0.4, -0.2) is 25.4 Å². The summed E-state index contributed by atoms with van der Waals surface area (Å²) in [6, 6.07) is 18.3. The molecular weight excluding hydrogens is 380 g/mol. The van der Waals surface area contributed by atoms with Crippen molar-refractivity contribution in [3.8, 4) is 11.1 Å². The van der Waals surface area contributed by atoms with Crippen molar-refractivity contribution in [2.45, 2.75) is 75.7 Å². The SMILES string of the molecule is C=CCCOCCCCOC12CCC(c3ccc(-c4ccc(C)cc4)cc3)(CC1)CC2. The van der Waals surface area contributed by atoms with Crippen molar-refractivity contribution in [3.05, 3.63) is 72.3 Å². The Morgan fingerprint density at radius 2 is 1.35 bits per heavy atom. The van der Waals surface area contributed by atoms with Crippen LogP contribution in [0.5, 0.6) is 0 Å². The van der Waals surface area contributed by atoms with Gasteiger partial charge in [0.15, 0.2) is 0 Å². The summed E-state index contributed by atoms with van der Waals surface area (Å²) in [5.74, 6) is 0. The van der Waals surface area contributed by atoms with Crippen LogP contribution in [0.2, 0.25) is 0 Å². The highest BCUT2D eigenvalue weighted by molar-refractivity contribution is 5.64. The van der Waals surface area contributed by atoms with Gasteiger partial charge in [-0.15, -0.1) is 6.58 Å². The highest BCUT2D eigenvalue weighted by Gasteiger charge is 2.49. The van der Waals surface area contributed by atoms with Gasteiger partial charge in [0.25, 0.3) is 0 Å². The largest absolute Gasteiger partial charge is 0.381 e. The molecule has 0 unspecified atom stereocenters. The van der Waals surface area contributed by atoms with Crippen LogP contribution in [0.4, 0.5) is 0 Å². The third-order valence-electron chi connectivity index (χ3n) is 7.62. The first-order chi connectivity index (χ1) is 15.1. The average Bonchev–Trinajstić information content (AvgIpc) is 2.83. The van der Waals surface area contributed by atoms with Crippen molar-refractivity contribution in [1.29, 1.82) is 0 Å². The first kappa shape index (κ1) is 22.3. The standard InChI is InChI=1S/C29H38O2/c1-3-4-21-30-22-5-6-23-31-29-18-15-28(16-19-29,17-20-29)27-13-11-26(12-14-27)25-9-7-24(2)8-10-25/h3,7-14H,1,4-6,15-23H2,2H3. The fraction of sp³-hybridized carbons (Fsp3) is 0.517. The van der Waals surface area contributed by atoms with E-state index in [0.29, 0.717) is 5.41 Å².